The van der Waals surface area contributed by atoms with Crippen molar-refractivity contribution in [1.29, 1.82) is 0 Å². The van der Waals surface area contributed by atoms with Gasteiger partial charge in [-0.05, 0) is 109 Å². The third-order valence-electron chi connectivity index (χ3n) is 9.32. The number of furan rings is 2. The van der Waals surface area contributed by atoms with E-state index in [1.807, 2.05) is 134 Å². The van der Waals surface area contributed by atoms with E-state index < -0.39 is 0 Å². The highest BCUT2D eigenvalue weighted by molar-refractivity contribution is 9.10. The van der Waals surface area contributed by atoms with Gasteiger partial charge in [0.1, 0.15) is 35.3 Å². The zero-order valence-electron chi connectivity index (χ0n) is 32.4. The van der Waals surface area contributed by atoms with Crippen molar-refractivity contribution in [2.75, 3.05) is 10.2 Å². The summed E-state index contributed by atoms with van der Waals surface area (Å²) in [5.41, 5.74) is 9.45. The Morgan fingerprint density at radius 3 is 1.32 bits per heavy atom. The molecule has 0 aliphatic rings. The Hall–Kier alpha value is -8.02. The van der Waals surface area contributed by atoms with Crippen LogP contribution in [0, 0.1) is 0 Å². The first-order chi connectivity index (χ1) is 30.0. The summed E-state index contributed by atoms with van der Waals surface area (Å²) in [6.07, 6.45) is 15.8. The van der Waals surface area contributed by atoms with Gasteiger partial charge in [0, 0.05) is 68.0 Å². The van der Waals surface area contributed by atoms with Crippen molar-refractivity contribution in [1.82, 2.24) is 19.9 Å². The summed E-state index contributed by atoms with van der Waals surface area (Å²) in [4.78, 5) is 40.3. The van der Waals surface area contributed by atoms with E-state index in [4.69, 9.17) is 8.83 Å². The largest absolute Gasteiger partial charge is 0.456 e. The number of hydrogen-bond donors (Lipinski definition) is 1. The number of benzene rings is 4. The van der Waals surface area contributed by atoms with E-state index in [1.54, 1.807) is 61.4 Å². The molecule has 11 heteroatoms. The minimum Gasteiger partial charge on any atom is -0.456 e. The fourth-order valence-electron chi connectivity index (χ4n) is 6.37. The molecule has 6 aromatic heterocycles. The standard InChI is InChI=1S/C25H17N3O2.C15H9BrO2.C10H9N3.CH4/c29-17-18-5-6-20-14-25(30-24(20)13-18)19-7-9-21(10-8-19)28(22-3-1-11-26-15-22)23-4-2-12-27-16-23;16-13-5-3-11(4-6-13)15-8-12-2-1-10(9-17)7-14(12)18-15;1-3-9(7-11-5-1)13-10-4-2-6-12-8-10;/h1-17H;1-9H;1-8,13H;1H4. The Kier molecular flexibility index (Phi) is 13.8. The summed E-state index contributed by atoms with van der Waals surface area (Å²) in [5, 5.41) is 5.14. The second-order valence-electron chi connectivity index (χ2n) is 13.5. The fourth-order valence-corrected chi connectivity index (χ4v) is 6.64. The maximum Gasteiger partial charge on any atom is 0.150 e. The number of nitrogens with zero attached hydrogens (tertiary/aromatic N) is 5. The molecule has 0 aliphatic heterocycles. The Balaban J connectivity index is 0.000000153. The maximum absolute atomic E-state index is 11.0. The zero-order valence-corrected chi connectivity index (χ0v) is 34.0. The van der Waals surface area contributed by atoms with Gasteiger partial charge in [-0.2, -0.15) is 0 Å². The predicted octanol–water partition coefficient (Wildman–Crippen LogP) is 13.7. The smallest absolute Gasteiger partial charge is 0.150 e. The Morgan fingerprint density at radius 2 is 0.919 bits per heavy atom. The molecule has 10 nitrogen and oxygen atoms in total. The lowest BCUT2D eigenvalue weighted by molar-refractivity contribution is 0.111. The van der Waals surface area contributed by atoms with Crippen LogP contribution in [0.4, 0.5) is 28.4 Å². The number of fused-ring (bicyclic) bond motifs is 2. The van der Waals surface area contributed by atoms with Crippen LogP contribution in [0.1, 0.15) is 28.1 Å². The van der Waals surface area contributed by atoms with E-state index in [1.165, 1.54) is 0 Å². The van der Waals surface area contributed by atoms with Crippen molar-refractivity contribution in [3.63, 3.8) is 0 Å². The summed E-state index contributed by atoms with van der Waals surface area (Å²) in [5.74, 6) is 1.56. The van der Waals surface area contributed by atoms with Gasteiger partial charge in [0.05, 0.1) is 47.5 Å². The van der Waals surface area contributed by atoms with Gasteiger partial charge in [-0.1, -0.05) is 59.8 Å². The molecule has 0 fully saturated rings. The summed E-state index contributed by atoms with van der Waals surface area (Å²) in [6, 6.07) is 46.4. The lowest BCUT2D eigenvalue weighted by Crippen LogP contribution is -2.10. The van der Waals surface area contributed by atoms with Crippen LogP contribution >= 0.6 is 15.9 Å². The third-order valence-corrected chi connectivity index (χ3v) is 9.85. The lowest BCUT2D eigenvalue weighted by atomic mass is 10.1. The Morgan fingerprint density at radius 1 is 0.484 bits per heavy atom. The highest BCUT2D eigenvalue weighted by Crippen LogP contribution is 2.36. The number of carbonyl (C=O) groups is 2. The van der Waals surface area contributed by atoms with Gasteiger partial charge in [0.25, 0.3) is 0 Å². The van der Waals surface area contributed by atoms with Gasteiger partial charge in [-0.3, -0.25) is 29.5 Å². The number of anilines is 5. The van der Waals surface area contributed by atoms with Gasteiger partial charge in [-0.15, -0.1) is 0 Å². The molecule has 0 spiro atoms. The lowest BCUT2D eigenvalue weighted by Gasteiger charge is -2.24. The van der Waals surface area contributed by atoms with Gasteiger partial charge in [0.15, 0.2) is 0 Å². The van der Waals surface area contributed by atoms with Crippen molar-refractivity contribution in [2.45, 2.75) is 7.43 Å². The summed E-state index contributed by atoms with van der Waals surface area (Å²) in [6.45, 7) is 0. The maximum atomic E-state index is 11.0. The van der Waals surface area contributed by atoms with Crippen molar-refractivity contribution in [3.05, 3.63) is 211 Å². The molecule has 0 atom stereocenters. The molecule has 0 unspecified atom stereocenters. The summed E-state index contributed by atoms with van der Waals surface area (Å²) in [7, 11) is 0. The summed E-state index contributed by atoms with van der Waals surface area (Å²) < 4.78 is 12.8. The Labute approximate surface area is 366 Å². The molecule has 4 aromatic carbocycles. The molecule has 0 saturated carbocycles. The average Bonchev–Trinajstić information content (AvgIpc) is 3.96. The molecule has 1 N–H and O–H groups in total. The number of rotatable bonds is 9. The minimum atomic E-state index is 0. The third kappa shape index (κ3) is 10.4. The highest BCUT2D eigenvalue weighted by Gasteiger charge is 2.14. The average molecular weight is 880 g/mol. The molecule has 10 aromatic rings. The molecule has 0 radical (unpaired) electrons. The first-order valence-electron chi connectivity index (χ1n) is 19.0. The summed E-state index contributed by atoms with van der Waals surface area (Å²) >= 11 is 3.40. The van der Waals surface area contributed by atoms with Crippen molar-refractivity contribution in [3.8, 4) is 22.6 Å². The van der Waals surface area contributed by atoms with Gasteiger partial charge in [0.2, 0.25) is 0 Å². The van der Waals surface area contributed by atoms with Crippen LogP contribution in [0.25, 0.3) is 44.6 Å². The molecular formula is C51H39BrN6O4. The molecule has 0 saturated heterocycles. The zero-order chi connectivity index (χ0) is 41.8. The number of nitrogens with one attached hydrogen (secondary N) is 1. The van der Waals surface area contributed by atoms with Crippen LogP contribution in [0.3, 0.4) is 0 Å². The van der Waals surface area contributed by atoms with Crippen LogP contribution < -0.4 is 10.2 Å². The Bertz CT molecular complexity index is 2910. The van der Waals surface area contributed by atoms with E-state index in [0.29, 0.717) is 16.7 Å². The van der Waals surface area contributed by atoms with E-state index in [0.717, 1.165) is 84.5 Å². The van der Waals surface area contributed by atoms with Gasteiger partial charge >= 0.3 is 0 Å². The molecule has 10 rings (SSSR count). The van der Waals surface area contributed by atoms with E-state index in [9.17, 15) is 9.59 Å². The van der Waals surface area contributed by atoms with E-state index >= 15 is 0 Å². The molecule has 304 valence electrons. The minimum absolute atomic E-state index is 0. The van der Waals surface area contributed by atoms with Crippen molar-refractivity contribution in [2.24, 2.45) is 0 Å². The van der Waals surface area contributed by atoms with Crippen LogP contribution in [0.5, 0.6) is 0 Å². The first kappa shape index (κ1) is 42.1. The van der Waals surface area contributed by atoms with Crippen molar-refractivity contribution >= 4 is 78.9 Å². The number of carbonyl (C=O) groups excluding carboxylic acids is 2. The van der Waals surface area contributed by atoms with E-state index in [2.05, 4.69) is 46.1 Å². The molecule has 0 amide bonds. The van der Waals surface area contributed by atoms with Gasteiger partial charge in [-0.25, -0.2) is 0 Å². The second-order valence-corrected chi connectivity index (χ2v) is 14.4. The van der Waals surface area contributed by atoms with Crippen molar-refractivity contribution < 1.29 is 18.4 Å². The molecule has 0 bridgehead atoms. The second kappa shape index (κ2) is 20.3. The van der Waals surface area contributed by atoms with E-state index in [-0.39, 0.29) is 7.43 Å². The van der Waals surface area contributed by atoms with Gasteiger partial charge < -0.3 is 19.1 Å². The first-order valence-corrected chi connectivity index (χ1v) is 19.8. The van der Waals surface area contributed by atoms with Crippen LogP contribution in [-0.2, 0) is 0 Å². The SMILES string of the molecule is C.O=Cc1ccc2cc(-c3ccc(Br)cc3)oc2c1.O=Cc1ccc2cc(-c3ccc(N(c4cccnc4)c4cccnc4)cc3)oc2c1.c1cncc(Nc2cccnc2)c1. The highest BCUT2D eigenvalue weighted by atomic mass is 79.9. The number of halogens is 1. The molecule has 62 heavy (non-hydrogen) atoms. The number of aldehydes is 2. The fraction of sp³-hybridized carbons (Fsp3) is 0.0196. The normalized spacial score (nSPS) is 10.3. The molecular weight excluding hydrogens is 841 g/mol. The monoisotopic (exact) mass is 878 g/mol. The quantitative estimate of drug-likeness (QED) is 0.140. The predicted molar refractivity (Wildman–Crippen MR) is 251 cm³/mol. The number of pyridine rings is 4. The molecule has 6 heterocycles. The number of aromatic nitrogens is 4. The van der Waals surface area contributed by atoms with Crippen LogP contribution in [0.15, 0.2) is 208 Å². The molecule has 0 aliphatic carbocycles. The van der Waals surface area contributed by atoms with Crippen LogP contribution in [0.2, 0.25) is 0 Å². The number of hydrogen-bond acceptors (Lipinski definition) is 10. The van der Waals surface area contributed by atoms with Crippen LogP contribution in [-0.4, -0.2) is 32.5 Å². The topological polar surface area (TPSA) is 127 Å².